The summed E-state index contributed by atoms with van der Waals surface area (Å²) in [6.45, 7) is 6.11. The van der Waals surface area contributed by atoms with Crippen LogP contribution in [0.15, 0.2) is 5.38 Å². The Morgan fingerprint density at radius 3 is 3.00 bits per heavy atom. The fourth-order valence-corrected chi connectivity index (χ4v) is 3.15. The van der Waals surface area contributed by atoms with E-state index < -0.39 is 0 Å². The number of thiophene rings is 1. The number of carbonyl (C=O) groups excluding carboxylic acids is 1. The maximum atomic E-state index is 12.2. The lowest BCUT2D eigenvalue weighted by molar-refractivity contribution is 0.0947. The number of nitrogens with zero attached hydrogens (tertiary/aromatic N) is 3. The standard InChI is InChI=1S/C14H18N4O3S/c1-9-16-10(2)18(17-9)5-3-4-15-14(19)13-12-11(8-22-13)20-6-7-21-12/h8H,3-7H2,1-2H3,(H,15,19). The van der Waals surface area contributed by atoms with Gasteiger partial charge < -0.3 is 14.8 Å². The van der Waals surface area contributed by atoms with E-state index in [9.17, 15) is 4.79 Å². The summed E-state index contributed by atoms with van der Waals surface area (Å²) in [5.74, 6) is 2.76. The third-order valence-corrected chi connectivity index (χ3v) is 4.24. The van der Waals surface area contributed by atoms with E-state index in [4.69, 9.17) is 9.47 Å². The highest BCUT2D eigenvalue weighted by Gasteiger charge is 2.23. The van der Waals surface area contributed by atoms with Gasteiger partial charge in [0.15, 0.2) is 11.5 Å². The van der Waals surface area contributed by atoms with Crippen molar-refractivity contribution in [2.75, 3.05) is 19.8 Å². The molecule has 0 saturated carbocycles. The maximum Gasteiger partial charge on any atom is 0.265 e. The Labute approximate surface area is 132 Å². The minimum Gasteiger partial charge on any atom is -0.485 e. The highest BCUT2D eigenvalue weighted by molar-refractivity contribution is 7.12. The van der Waals surface area contributed by atoms with Crippen LogP contribution in [-0.4, -0.2) is 40.4 Å². The van der Waals surface area contributed by atoms with Crippen molar-refractivity contribution in [2.24, 2.45) is 0 Å². The predicted octanol–water partition coefficient (Wildman–Crippen LogP) is 1.55. The van der Waals surface area contributed by atoms with Gasteiger partial charge in [-0.25, -0.2) is 4.98 Å². The van der Waals surface area contributed by atoms with Gasteiger partial charge in [-0.2, -0.15) is 5.10 Å². The van der Waals surface area contributed by atoms with Crippen molar-refractivity contribution in [1.82, 2.24) is 20.1 Å². The Morgan fingerprint density at radius 2 is 2.23 bits per heavy atom. The molecule has 22 heavy (non-hydrogen) atoms. The molecule has 0 radical (unpaired) electrons. The van der Waals surface area contributed by atoms with Crippen LogP contribution < -0.4 is 14.8 Å². The number of nitrogens with one attached hydrogen (secondary N) is 1. The quantitative estimate of drug-likeness (QED) is 0.845. The molecule has 118 valence electrons. The van der Waals surface area contributed by atoms with Gasteiger partial charge in [0.25, 0.3) is 5.91 Å². The molecule has 8 heteroatoms. The SMILES string of the molecule is Cc1nc(C)n(CCCNC(=O)c2scc3c2OCCO3)n1. The van der Waals surface area contributed by atoms with Gasteiger partial charge >= 0.3 is 0 Å². The van der Waals surface area contributed by atoms with Gasteiger partial charge in [-0.3, -0.25) is 9.48 Å². The Hall–Kier alpha value is -2.09. The summed E-state index contributed by atoms with van der Waals surface area (Å²) in [4.78, 5) is 17.0. The molecule has 0 aliphatic carbocycles. The van der Waals surface area contributed by atoms with Crippen LogP contribution in [0.3, 0.4) is 0 Å². The van der Waals surface area contributed by atoms with E-state index in [1.54, 1.807) is 0 Å². The van der Waals surface area contributed by atoms with E-state index in [1.807, 2.05) is 23.9 Å². The Balaban J connectivity index is 1.50. The second kappa shape index (κ2) is 6.35. The fraction of sp³-hybridized carbons (Fsp3) is 0.500. The lowest BCUT2D eigenvalue weighted by Gasteiger charge is -2.15. The van der Waals surface area contributed by atoms with Crippen LogP contribution in [0.2, 0.25) is 0 Å². The molecule has 0 spiro atoms. The van der Waals surface area contributed by atoms with E-state index in [0.717, 1.165) is 24.6 Å². The molecule has 7 nitrogen and oxygen atoms in total. The summed E-state index contributed by atoms with van der Waals surface area (Å²) in [6, 6.07) is 0. The Morgan fingerprint density at radius 1 is 1.41 bits per heavy atom. The van der Waals surface area contributed by atoms with E-state index in [2.05, 4.69) is 15.4 Å². The molecule has 2 aromatic rings. The van der Waals surface area contributed by atoms with Crippen molar-refractivity contribution >= 4 is 17.2 Å². The first-order valence-electron chi connectivity index (χ1n) is 7.18. The molecule has 0 aromatic carbocycles. The largest absolute Gasteiger partial charge is 0.485 e. The number of rotatable bonds is 5. The molecule has 2 aromatic heterocycles. The number of hydrogen-bond donors (Lipinski definition) is 1. The second-order valence-corrected chi connectivity index (χ2v) is 5.87. The van der Waals surface area contributed by atoms with E-state index >= 15 is 0 Å². The van der Waals surface area contributed by atoms with Gasteiger partial charge in [0, 0.05) is 18.5 Å². The minimum absolute atomic E-state index is 0.122. The van der Waals surface area contributed by atoms with Gasteiger partial charge in [-0.15, -0.1) is 11.3 Å². The first kappa shape index (κ1) is 14.8. The number of carbonyl (C=O) groups is 1. The normalized spacial score (nSPS) is 13.2. The minimum atomic E-state index is -0.122. The summed E-state index contributed by atoms with van der Waals surface area (Å²) >= 11 is 1.34. The van der Waals surface area contributed by atoms with Crippen molar-refractivity contribution in [3.8, 4) is 11.5 Å². The molecular formula is C14H18N4O3S. The van der Waals surface area contributed by atoms with Gasteiger partial charge in [0.05, 0.1) is 0 Å². The van der Waals surface area contributed by atoms with Crippen molar-refractivity contribution < 1.29 is 14.3 Å². The number of aromatic nitrogens is 3. The molecule has 0 atom stereocenters. The summed E-state index contributed by atoms with van der Waals surface area (Å²) in [5, 5.41) is 9.01. The Kier molecular flexibility index (Phi) is 4.28. The average molecular weight is 322 g/mol. The molecular weight excluding hydrogens is 304 g/mol. The zero-order valence-corrected chi connectivity index (χ0v) is 13.4. The molecule has 1 N–H and O–H groups in total. The Bertz CT molecular complexity index is 680. The molecule has 0 saturated heterocycles. The highest BCUT2D eigenvalue weighted by atomic mass is 32.1. The van der Waals surface area contributed by atoms with Crippen LogP contribution in [0.1, 0.15) is 27.7 Å². The van der Waals surface area contributed by atoms with Crippen LogP contribution in [0.25, 0.3) is 0 Å². The monoisotopic (exact) mass is 322 g/mol. The van der Waals surface area contributed by atoms with Crippen LogP contribution in [0.5, 0.6) is 11.5 Å². The molecule has 0 unspecified atom stereocenters. The van der Waals surface area contributed by atoms with Crippen molar-refractivity contribution in [3.63, 3.8) is 0 Å². The van der Waals surface area contributed by atoms with Crippen LogP contribution >= 0.6 is 11.3 Å². The highest BCUT2D eigenvalue weighted by Crippen LogP contribution is 2.39. The number of ether oxygens (including phenoxy) is 2. The van der Waals surface area contributed by atoms with Gasteiger partial charge in [0.1, 0.15) is 29.7 Å². The zero-order valence-electron chi connectivity index (χ0n) is 12.6. The van der Waals surface area contributed by atoms with Crippen LogP contribution in [0, 0.1) is 13.8 Å². The summed E-state index contributed by atoms with van der Waals surface area (Å²) in [6.07, 6.45) is 0.792. The zero-order chi connectivity index (χ0) is 15.5. The van der Waals surface area contributed by atoms with Crippen LogP contribution in [0.4, 0.5) is 0 Å². The van der Waals surface area contributed by atoms with E-state index in [1.165, 1.54) is 11.3 Å². The number of fused-ring (bicyclic) bond motifs is 1. The number of aryl methyl sites for hydroxylation is 3. The van der Waals surface area contributed by atoms with Crippen molar-refractivity contribution in [2.45, 2.75) is 26.8 Å². The predicted molar refractivity (Wildman–Crippen MR) is 81.8 cm³/mol. The van der Waals surface area contributed by atoms with E-state index in [-0.39, 0.29) is 5.91 Å². The lowest BCUT2D eigenvalue weighted by Crippen LogP contribution is -2.26. The molecule has 0 bridgehead atoms. The maximum absolute atomic E-state index is 12.2. The van der Waals surface area contributed by atoms with Crippen molar-refractivity contribution in [3.05, 3.63) is 21.9 Å². The van der Waals surface area contributed by atoms with Crippen molar-refractivity contribution in [1.29, 1.82) is 0 Å². The first-order chi connectivity index (χ1) is 10.6. The third kappa shape index (κ3) is 3.06. The van der Waals surface area contributed by atoms with Crippen LogP contribution in [-0.2, 0) is 6.54 Å². The smallest absolute Gasteiger partial charge is 0.265 e. The lowest BCUT2D eigenvalue weighted by atomic mass is 10.3. The van der Waals surface area contributed by atoms with E-state index in [0.29, 0.717) is 36.1 Å². The molecule has 1 aliphatic heterocycles. The second-order valence-electron chi connectivity index (χ2n) is 4.99. The van der Waals surface area contributed by atoms with Gasteiger partial charge in [-0.05, 0) is 20.3 Å². The number of hydrogen-bond acceptors (Lipinski definition) is 6. The number of amides is 1. The van der Waals surface area contributed by atoms with Gasteiger partial charge in [-0.1, -0.05) is 0 Å². The first-order valence-corrected chi connectivity index (χ1v) is 8.06. The fourth-order valence-electron chi connectivity index (χ4n) is 2.30. The average Bonchev–Trinajstić information content (AvgIpc) is 3.06. The molecule has 0 fully saturated rings. The molecule has 1 aliphatic rings. The summed E-state index contributed by atoms with van der Waals surface area (Å²) in [5.41, 5.74) is 0. The molecule has 3 rings (SSSR count). The summed E-state index contributed by atoms with van der Waals surface area (Å²) < 4.78 is 12.8. The molecule has 1 amide bonds. The van der Waals surface area contributed by atoms with Gasteiger partial charge in [0.2, 0.25) is 0 Å². The topological polar surface area (TPSA) is 78.3 Å². The molecule has 3 heterocycles. The third-order valence-electron chi connectivity index (χ3n) is 3.30. The summed E-state index contributed by atoms with van der Waals surface area (Å²) in [7, 11) is 0.